The van der Waals surface area contributed by atoms with E-state index in [0.717, 1.165) is 26.2 Å². The first-order valence-electron chi connectivity index (χ1n) is 6.07. The number of ether oxygens (including phenoxy) is 1. The van der Waals surface area contributed by atoms with Gasteiger partial charge in [0.1, 0.15) is 5.69 Å². The summed E-state index contributed by atoms with van der Waals surface area (Å²) in [5, 5.41) is 13.3. The molecule has 0 spiro atoms. The highest BCUT2D eigenvalue weighted by molar-refractivity contribution is 5.91. The molecular weight excluding hydrogens is 250 g/mol. The lowest BCUT2D eigenvalue weighted by molar-refractivity contribution is -0.655. The smallest absolute Gasteiger partial charge is 0.338 e. The van der Waals surface area contributed by atoms with Crippen LogP contribution in [0.4, 0.5) is 11.4 Å². The minimum Gasteiger partial charge on any atom is -0.465 e. The number of nitrogens with two attached hydrogens (primary N) is 1. The molecule has 2 rings (SSSR count). The van der Waals surface area contributed by atoms with Crippen LogP contribution in [0.1, 0.15) is 10.4 Å². The van der Waals surface area contributed by atoms with E-state index < -0.39 is 10.9 Å². The van der Waals surface area contributed by atoms with E-state index >= 15 is 0 Å². The van der Waals surface area contributed by atoms with Crippen molar-refractivity contribution in [3.63, 3.8) is 0 Å². The Morgan fingerprint density at radius 2 is 2.11 bits per heavy atom. The maximum absolute atomic E-state index is 11.4. The summed E-state index contributed by atoms with van der Waals surface area (Å²) < 4.78 is 4.58. The summed E-state index contributed by atoms with van der Waals surface area (Å²) in [4.78, 5) is 24.1. The Labute approximate surface area is 110 Å². The van der Waals surface area contributed by atoms with Crippen LogP contribution in [0.3, 0.4) is 0 Å². The van der Waals surface area contributed by atoms with E-state index in [2.05, 4.69) is 10.1 Å². The van der Waals surface area contributed by atoms with E-state index in [9.17, 15) is 14.9 Å². The van der Waals surface area contributed by atoms with Crippen molar-refractivity contribution in [3.05, 3.63) is 33.9 Å². The summed E-state index contributed by atoms with van der Waals surface area (Å²) in [6.45, 7) is 3.35. The quantitative estimate of drug-likeness (QED) is 0.463. The van der Waals surface area contributed by atoms with Gasteiger partial charge in [-0.2, -0.15) is 0 Å². The van der Waals surface area contributed by atoms with E-state index in [0.29, 0.717) is 5.69 Å². The van der Waals surface area contributed by atoms with Gasteiger partial charge in [-0.15, -0.1) is 0 Å². The van der Waals surface area contributed by atoms with Crippen molar-refractivity contribution in [1.29, 1.82) is 0 Å². The molecule has 1 aromatic rings. The Balaban J connectivity index is 2.37. The average Bonchev–Trinajstić information content (AvgIpc) is 2.46. The number of hydrogen-bond acceptors (Lipinski definition) is 5. The lowest BCUT2D eigenvalue weighted by atomic mass is 10.1. The van der Waals surface area contributed by atoms with E-state index in [1.54, 1.807) is 12.1 Å². The maximum Gasteiger partial charge on any atom is 0.338 e. The second kappa shape index (κ2) is 5.66. The molecule has 1 saturated heterocycles. The summed E-state index contributed by atoms with van der Waals surface area (Å²) in [6.07, 6.45) is 0. The molecule has 1 aromatic carbocycles. The van der Waals surface area contributed by atoms with Gasteiger partial charge in [0.2, 0.25) is 0 Å². The van der Waals surface area contributed by atoms with E-state index in [1.807, 2.05) is 4.90 Å². The van der Waals surface area contributed by atoms with Gasteiger partial charge in [0.15, 0.2) is 0 Å². The molecule has 1 aliphatic rings. The molecule has 0 amide bonds. The number of hydrogen-bond donors (Lipinski definition) is 1. The molecule has 0 atom stereocenters. The fourth-order valence-electron chi connectivity index (χ4n) is 2.17. The summed E-state index contributed by atoms with van der Waals surface area (Å²) in [7, 11) is 1.25. The van der Waals surface area contributed by atoms with Crippen molar-refractivity contribution in [1.82, 2.24) is 0 Å². The van der Waals surface area contributed by atoms with Gasteiger partial charge in [-0.3, -0.25) is 10.1 Å². The molecule has 1 heterocycles. The first kappa shape index (κ1) is 13.3. The summed E-state index contributed by atoms with van der Waals surface area (Å²) in [5.74, 6) is -0.568. The zero-order valence-electron chi connectivity index (χ0n) is 10.7. The normalized spacial score (nSPS) is 15.1. The van der Waals surface area contributed by atoms with Crippen LogP contribution >= 0.6 is 0 Å². The predicted molar refractivity (Wildman–Crippen MR) is 68.3 cm³/mol. The van der Waals surface area contributed by atoms with Crippen molar-refractivity contribution in [2.75, 3.05) is 38.2 Å². The van der Waals surface area contributed by atoms with Crippen LogP contribution in [0.5, 0.6) is 0 Å². The van der Waals surface area contributed by atoms with E-state index in [1.165, 1.54) is 13.2 Å². The number of nitrogens with zero attached hydrogens (tertiary/aromatic N) is 2. The van der Waals surface area contributed by atoms with Gasteiger partial charge in [0.05, 0.1) is 43.8 Å². The first-order valence-corrected chi connectivity index (χ1v) is 6.07. The second-order valence-corrected chi connectivity index (χ2v) is 4.31. The van der Waals surface area contributed by atoms with Crippen LogP contribution in [-0.2, 0) is 4.74 Å². The number of quaternary nitrogens is 1. The number of rotatable bonds is 3. The van der Waals surface area contributed by atoms with Crippen LogP contribution in [0.15, 0.2) is 18.2 Å². The van der Waals surface area contributed by atoms with Crippen molar-refractivity contribution in [2.24, 2.45) is 0 Å². The third-order valence-corrected chi connectivity index (χ3v) is 3.14. The van der Waals surface area contributed by atoms with Gasteiger partial charge >= 0.3 is 5.97 Å². The molecule has 1 aliphatic heterocycles. The van der Waals surface area contributed by atoms with Gasteiger partial charge in [-0.1, -0.05) is 0 Å². The predicted octanol–water partition coefficient (Wildman–Crippen LogP) is -0.235. The Morgan fingerprint density at radius 1 is 1.42 bits per heavy atom. The van der Waals surface area contributed by atoms with Crippen LogP contribution in [0.25, 0.3) is 0 Å². The molecule has 102 valence electrons. The standard InChI is InChI=1S/C12H15N3O4/c1-19-12(16)9-2-3-10(11(8-9)15(17)18)14-6-4-13-5-7-14/h2-3,8,13H,4-7H2,1H3/p+1. The van der Waals surface area contributed by atoms with Gasteiger partial charge in [0, 0.05) is 6.07 Å². The van der Waals surface area contributed by atoms with Crippen LogP contribution in [0.2, 0.25) is 0 Å². The number of piperazine rings is 1. The highest BCUT2D eigenvalue weighted by atomic mass is 16.6. The van der Waals surface area contributed by atoms with E-state index in [-0.39, 0.29) is 11.3 Å². The topological polar surface area (TPSA) is 89.3 Å². The summed E-state index contributed by atoms with van der Waals surface area (Å²) in [6, 6.07) is 4.46. The average molecular weight is 266 g/mol. The zero-order valence-corrected chi connectivity index (χ0v) is 10.7. The molecular formula is C12H16N3O4+. The Bertz CT molecular complexity index is 498. The Hall–Kier alpha value is -2.15. The summed E-state index contributed by atoms with van der Waals surface area (Å²) >= 11 is 0. The third-order valence-electron chi connectivity index (χ3n) is 3.14. The van der Waals surface area contributed by atoms with Crippen molar-refractivity contribution in [2.45, 2.75) is 0 Å². The molecule has 0 aliphatic carbocycles. The van der Waals surface area contributed by atoms with Crippen LogP contribution in [-0.4, -0.2) is 44.2 Å². The largest absolute Gasteiger partial charge is 0.465 e. The van der Waals surface area contributed by atoms with Crippen LogP contribution < -0.4 is 10.2 Å². The number of carbonyl (C=O) groups is 1. The SMILES string of the molecule is COC(=O)c1ccc(N2CC[NH2+]CC2)c([N+](=O)[O-])c1. The molecule has 1 fully saturated rings. The lowest BCUT2D eigenvalue weighted by Gasteiger charge is -2.26. The third kappa shape index (κ3) is 2.82. The first-order chi connectivity index (χ1) is 9.13. The monoisotopic (exact) mass is 266 g/mol. The van der Waals surface area contributed by atoms with Gasteiger partial charge in [-0.25, -0.2) is 4.79 Å². The second-order valence-electron chi connectivity index (χ2n) is 4.31. The number of esters is 1. The number of benzene rings is 1. The van der Waals surface area contributed by atoms with Gasteiger partial charge in [0.25, 0.3) is 5.69 Å². The Morgan fingerprint density at radius 3 is 2.68 bits per heavy atom. The maximum atomic E-state index is 11.4. The molecule has 0 bridgehead atoms. The molecule has 0 radical (unpaired) electrons. The number of nitro benzene ring substituents is 1. The minimum atomic E-state index is -0.568. The van der Waals surface area contributed by atoms with Crippen molar-refractivity contribution in [3.8, 4) is 0 Å². The molecule has 2 N–H and O–H groups in total. The highest BCUT2D eigenvalue weighted by Gasteiger charge is 2.24. The number of carbonyl (C=O) groups excluding carboxylic acids is 1. The summed E-state index contributed by atoms with van der Waals surface area (Å²) in [5.41, 5.74) is 0.706. The molecule has 19 heavy (non-hydrogen) atoms. The van der Waals surface area contributed by atoms with E-state index in [4.69, 9.17) is 0 Å². The fraction of sp³-hybridized carbons (Fsp3) is 0.417. The molecule has 0 saturated carbocycles. The number of nitro groups is 1. The lowest BCUT2D eigenvalue weighted by Crippen LogP contribution is -2.89. The fourth-order valence-corrected chi connectivity index (χ4v) is 2.17. The minimum absolute atomic E-state index is 0.0511. The molecule has 0 aromatic heterocycles. The van der Waals surface area contributed by atoms with Crippen molar-refractivity contribution >= 4 is 17.3 Å². The molecule has 7 heteroatoms. The highest BCUT2D eigenvalue weighted by Crippen LogP contribution is 2.29. The van der Waals surface area contributed by atoms with Gasteiger partial charge in [-0.05, 0) is 12.1 Å². The molecule has 7 nitrogen and oxygen atoms in total. The van der Waals surface area contributed by atoms with Crippen LogP contribution in [0, 0.1) is 10.1 Å². The van der Waals surface area contributed by atoms with Gasteiger partial charge < -0.3 is 15.0 Å². The van der Waals surface area contributed by atoms with Crippen molar-refractivity contribution < 1.29 is 19.8 Å². The number of methoxy groups -OCH3 is 1. The zero-order chi connectivity index (χ0) is 13.8. The number of anilines is 1. The Kier molecular flexibility index (Phi) is 3.96. The molecule has 0 unspecified atom stereocenters.